The van der Waals surface area contributed by atoms with E-state index in [2.05, 4.69) is 4.74 Å². The maximum atomic E-state index is 10.9. The lowest BCUT2D eigenvalue weighted by Crippen LogP contribution is -2.17. The molecule has 4 nitrogen and oxygen atoms in total. The number of ether oxygens (including phenoxy) is 2. The third-order valence-electron chi connectivity index (χ3n) is 1.23. The molecule has 82 valence electrons. The third kappa shape index (κ3) is 7.86. The van der Waals surface area contributed by atoms with Gasteiger partial charge in [0.25, 0.3) is 0 Å². The van der Waals surface area contributed by atoms with Crippen LogP contribution in [-0.4, -0.2) is 30.5 Å². The first-order chi connectivity index (χ1) is 6.56. The molecule has 0 aliphatic carbocycles. The van der Waals surface area contributed by atoms with Gasteiger partial charge in [0.1, 0.15) is 13.0 Å². The minimum atomic E-state index is -0.599. The Morgan fingerprint density at radius 2 is 1.86 bits per heavy atom. The van der Waals surface area contributed by atoms with Crippen LogP contribution < -0.4 is 0 Å². The Morgan fingerprint density at radius 3 is 2.36 bits per heavy atom. The van der Waals surface area contributed by atoms with Gasteiger partial charge in [-0.2, -0.15) is 0 Å². The number of carbonyl (C=O) groups is 2. The van der Waals surface area contributed by atoms with Gasteiger partial charge in [0.2, 0.25) is 0 Å². The number of rotatable bonds is 6. The monoisotopic (exact) mass is 222 g/mol. The summed E-state index contributed by atoms with van der Waals surface area (Å²) in [4.78, 5) is 21.8. The van der Waals surface area contributed by atoms with Crippen LogP contribution in [0.3, 0.4) is 0 Å². The molecule has 0 aromatic rings. The van der Waals surface area contributed by atoms with Crippen molar-refractivity contribution >= 4 is 23.5 Å². The summed E-state index contributed by atoms with van der Waals surface area (Å²) in [5.41, 5.74) is 0. The Kier molecular flexibility index (Phi) is 7.20. The highest BCUT2D eigenvalue weighted by atomic mass is 35.5. The van der Waals surface area contributed by atoms with Gasteiger partial charge in [0.15, 0.2) is 0 Å². The summed E-state index contributed by atoms with van der Waals surface area (Å²) in [6.07, 6.45) is 0.392. The molecular formula is C9H15ClO4. The molecule has 0 saturated carbocycles. The van der Waals surface area contributed by atoms with Crippen molar-refractivity contribution in [2.24, 2.45) is 0 Å². The van der Waals surface area contributed by atoms with Crippen molar-refractivity contribution in [2.45, 2.75) is 32.1 Å². The summed E-state index contributed by atoms with van der Waals surface area (Å²) in [6, 6.07) is 0. The molecule has 0 saturated heterocycles. The fourth-order valence-corrected chi connectivity index (χ4v) is 0.707. The molecule has 0 aromatic carbocycles. The van der Waals surface area contributed by atoms with Gasteiger partial charge in [-0.15, -0.1) is 11.6 Å². The lowest BCUT2D eigenvalue weighted by Gasteiger charge is -2.05. The molecule has 0 rings (SSSR count). The molecule has 0 aromatic heterocycles. The zero-order chi connectivity index (χ0) is 11.0. The lowest BCUT2D eigenvalue weighted by atomic mass is 10.4. The van der Waals surface area contributed by atoms with Gasteiger partial charge >= 0.3 is 11.9 Å². The molecule has 0 fully saturated rings. The van der Waals surface area contributed by atoms with E-state index in [1.54, 1.807) is 6.92 Å². The summed E-state index contributed by atoms with van der Waals surface area (Å²) in [6.45, 7) is 4.02. The topological polar surface area (TPSA) is 52.6 Å². The van der Waals surface area contributed by atoms with Gasteiger partial charge in [-0.25, -0.2) is 0 Å². The second-order valence-corrected chi connectivity index (χ2v) is 3.61. The second-order valence-electron chi connectivity index (χ2n) is 2.86. The average molecular weight is 223 g/mol. The van der Waals surface area contributed by atoms with Crippen molar-refractivity contribution in [2.75, 3.05) is 13.2 Å². The Bertz CT molecular complexity index is 191. The minimum absolute atomic E-state index is 0.113. The number of hydrogen-bond donors (Lipinski definition) is 0. The average Bonchev–Trinajstić information content (AvgIpc) is 2.11. The predicted molar refractivity (Wildman–Crippen MR) is 52.1 cm³/mol. The number of esters is 2. The van der Waals surface area contributed by atoms with E-state index in [9.17, 15) is 9.59 Å². The summed E-state index contributed by atoms with van der Waals surface area (Å²) in [5.74, 6) is -1.15. The minimum Gasteiger partial charge on any atom is -0.465 e. The van der Waals surface area contributed by atoms with Crippen LogP contribution >= 0.6 is 11.6 Å². The van der Waals surface area contributed by atoms with E-state index in [4.69, 9.17) is 16.3 Å². The molecule has 0 amide bonds. The first-order valence-corrected chi connectivity index (χ1v) is 4.95. The number of alkyl halides is 1. The van der Waals surface area contributed by atoms with Crippen LogP contribution in [-0.2, 0) is 19.1 Å². The van der Waals surface area contributed by atoms with E-state index in [0.717, 1.165) is 6.42 Å². The Hall–Kier alpha value is -0.770. The highest BCUT2D eigenvalue weighted by Gasteiger charge is 2.12. The van der Waals surface area contributed by atoms with Gasteiger partial charge in [0.05, 0.1) is 12.0 Å². The zero-order valence-electron chi connectivity index (χ0n) is 8.42. The van der Waals surface area contributed by atoms with E-state index in [1.807, 2.05) is 6.92 Å². The van der Waals surface area contributed by atoms with Crippen molar-refractivity contribution in [3.8, 4) is 0 Å². The molecule has 0 heterocycles. The van der Waals surface area contributed by atoms with Crippen molar-refractivity contribution in [3.63, 3.8) is 0 Å². The van der Waals surface area contributed by atoms with Crippen LogP contribution in [0.15, 0.2) is 0 Å². The molecule has 1 unspecified atom stereocenters. The van der Waals surface area contributed by atoms with Crippen LogP contribution in [0.4, 0.5) is 0 Å². The van der Waals surface area contributed by atoms with E-state index in [0.29, 0.717) is 6.61 Å². The van der Waals surface area contributed by atoms with Crippen LogP contribution in [0.2, 0.25) is 0 Å². The van der Waals surface area contributed by atoms with Gasteiger partial charge in [-0.05, 0) is 13.3 Å². The Morgan fingerprint density at radius 1 is 1.29 bits per heavy atom. The second kappa shape index (κ2) is 7.62. The lowest BCUT2D eigenvalue weighted by molar-refractivity contribution is -0.154. The maximum Gasteiger partial charge on any atom is 0.317 e. The SMILES string of the molecule is CCCOC(=O)CC(=O)OCC(C)Cl. The first kappa shape index (κ1) is 13.2. The fraction of sp³-hybridized carbons (Fsp3) is 0.778. The molecule has 0 aliphatic rings. The standard InChI is InChI=1S/C9H15ClO4/c1-3-4-13-8(11)5-9(12)14-6-7(2)10/h7H,3-6H2,1-2H3. The quantitative estimate of drug-likeness (QED) is 0.388. The molecule has 0 N–H and O–H groups in total. The third-order valence-corrected chi connectivity index (χ3v) is 1.36. The summed E-state index contributed by atoms with van der Waals surface area (Å²) < 4.78 is 9.38. The molecule has 0 spiro atoms. The van der Waals surface area contributed by atoms with Crippen LogP contribution in [0.5, 0.6) is 0 Å². The van der Waals surface area contributed by atoms with Crippen LogP contribution in [0.25, 0.3) is 0 Å². The number of halogens is 1. The van der Waals surface area contributed by atoms with Crippen molar-refractivity contribution in [1.29, 1.82) is 0 Å². The van der Waals surface area contributed by atoms with Crippen LogP contribution in [0.1, 0.15) is 26.7 Å². The number of carbonyl (C=O) groups excluding carboxylic acids is 2. The predicted octanol–water partition coefficient (Wildman–Crippen LogP) is 1.50. The summed E-state index contributed by atoms with van der Waals surface area (Å²) >= 11 is 5.55. The number of hydrogen-bond acceptors (Lipinski definition) is 4. The van der Waals surface area contributed by atoms with E-state index >= 15 is 0 Å². The zero-order valence-corrected chi connectivity index (χ0v) is 9.17. The highest BCUT2D eigenvalue weighted by molar-refractivity contribution is 6.20. The molecule has 14 heavy (non-hydrogen) atoms. The van der Waals surface area contributed by atoms with Crippen molar-refractivity contribution in [1.82, 2.24) is 0 Å². The molecular weight excluding hydrogens is 208 g/mol. The largest absolute Gasteiger partial charge is 0.465 e. The van der Waals surface area contributed by atoms with Crippen molar-refractivity contribution < 1.29 is 19.1 Å². The van der Waals surface area contributed by atoms with Gasteiger partial charge in [-0.3, -0.25) is 9.59 Å². The molecule has 0 radical (unpaired) electrons. The van der Waals surface area contributed by atoms with Crippen molar-refractivity contribution in [3.05, 3.63) is 0 Å². The van der Waals surface area contributed by atoms with Gasteiger partial charge in [0, 0.05) is 0 Å². The molecule has 5 heteroatoms. The fourth-order valence-electron chi connectivity index (χ4n) is 0.644. The summed E-state index contributed by atoms with van der Waals surface area (Å²) in [5, 5.41) is -0.245. The van der Waals surface area contributed by atoms with E-state index in [-0.39, 0.29) is 18.4 Å². The molecule has 0 bridgehead atoms. The van der Waals surface area contributed by atoms with Gasteiger partial charge in [-0.1, -0.05) is 6.92 Å². The Balaban J connectivity index is 3.55. The smallest absolute Gasteiger partial charge is 0.317 e. The maximum absolute atomic E-state index is 10.9. The highest BCUT2D eigenvalue weighted by Crippen LogP contribution is 1.97. The van der Waals surface area contributed by atoms with Crippen LogP contribution in [0, 0.1) is 0 Å². The van der Waals surface area contributed by atoms with E-state index in [1.165, 1.54) is 0 Å². The summed E-state index contributed by atoms with van der Waals surface area (Å²) in [7, 11) is 0. The van der Waals surface area contributed by atoms with Gasteiger partial charge < -0.3 is 9.47 Å². The Labute approximate surface area is 88.5 Å². The molecule has 0 aliphatic heterocycles. The normalized spacial score (nSPS) is 11.9. The molecule has 1 atom stereocenters. The first-order valence-electron chi connectivity index (χ1n) is 4.51. The van der Waals surface area contributed by atoms with E-state index < -0.39 is 11.9 Å².